The zero-order chi connectivity index (χ0) is 12.3. The molecule has 0 radical (unpaired) electrons. The fourth-order valence-corrected chi connectivity index (χ4v) is 2.17. The van der Waals surface area contributed by atoms with Crippen molar-refractivity contribution in [2.24, 2.45) is 7.05 Å². The van der Waals surface area contributed by atoms with E-state index in [4.69, 9.17) is 0 Å². The van der Waals surface area contributed by atoms with E-state index in [1.54, 1.807) is 10.9 Å². The summed E-state index contributed by atoms with van der Waals surface area (Å²) in [5.74, 6) is 0. The van der Waals surface area contributed by atoms with Crippen LogP contribution in [-0.4, -0.2) is 14.9 Å². The van der Waals surface area contributed by atoms with E-state index < -0.39 is 5.60 Å². The van der Waals surface area contributed by atoms with Crippen molar-refractivity contribution in [1.29, 1.82) is 0 Å². The van der Waals surface area contributed by atoms with Gasteiger partial charge in [-0.25, -0.2) is 0 Å². The highest BCUT2D eigenvalue weighted by Crippen LogP contribution is 2.33. The summed E-state index contributed by atoms with van der Waals surface area (Å²) in [5.41, 5.74) is 0.854. The van der Waals surface area contributed by atoms with Gasteiger partial charge in [-0.15, -0.1) is 0 Å². The molecule has 0 saturated heterocycles. The first-order valence-corrected chi connectivity index (χ1v) is 5.94. The topological polar surface area (TPSA) is 38.1 Å². The number of hydrogen-bond donors (Lipinski definition) is 1. The van der Waals surface area contributed by atoms with Crippen LogP contribution in [-0.2, 0) is 12.6 Å². The SMILES string of the molecule is CCCC(O)(c1ccccc1)c1cnn(C)c1. The van der Waals surface area contributed by atoms with Crippen molar-refractivity contribution in [2.75, 3.05) is 0 Å². The predicted octanol–water partition coefficient (Wildman–Crippen LogP) is 2.46. The highest BCUT2D eigenvalue weighted by molar-refractivity contribution is 5.33. The van der Waals surface area contributed by atoms with Gasteiger partial charge in [0.05, 0.1) is 6.20 Å². The first-order chi connectivity index (χ1) is 8.16. The number of nitrogens with zero attached hydrogens (tertiary/aromatic N) is 2. The lowest BCUT2D eigenvalue weighted by molar-refractivity contribution is 0.0701. The van der Waals surface area contributed by atoms with Crippen molar-refractivity contribution in [3.8, 4) is 0 Å². The molecule has 1 aromatic carbocycles. The molecule has 0 spiro atoms. The van der Waals surface area contributed by atoms with Gasteiger partial charge in [-0.3, -0.25) is 4.68 Å². The van der Waals surface area contributed by atoms with Gasteiger partial charge in [-0.05, 0) is 12.0 Å². The maximum atomic E-state index is 10.9. The van der Waals surface area contributed by atoms with Gasteiger partial charge in [0.2, 0.25) is 0 Å². The second-order valence-corrected chi connectivity index (χ2v) is 4.38. The van der Waals surface area contributed by atoms with Gasteiger partial charge in [0.25, 0.3) is 0 Å². The number of aryl methyl sites for hydroxylation is 1. The Hall–Kier alpha value is -1.61. The number of benzene rings is 1. The van der Waals surface area contributed by atoms with E-state index in [0.717, 1.165) is 17.5 Å². The Morgan fingerprint density at radius 1 is 1.24 bits per heavy atom. The van der Waals surface area contributed by atoms with Gasteiger partial charge in [0, 0.05) is 18.8 Å². The molecule has 0 fully saturated rings. The molecule has 90 valence electrons. The lowest BCUT2D eigenvalue weighted by atomic mass is 9.84. The van der Waals surface area contributed by atoms with Crippen LogP contribution in [0.2, 0.25) is 0 Å². The van der Waals surface area contributed by atoms with Gasteiger partial charge in [0.1, 0.15) is 5.60 Å². The zero-order valence-corrected chi connectivity index (χ0v) is 10.3. The van der Waals surface area contributed by atoms with Gasteiger partial charge in [0.15, 0.2) is 0 Å². The quantitative estimate of drug-likeness (QED) is 0.876. The predicted molar refractivity (Wildman–Crippen MR) is 67.6 cm³/mol. The molecular weight excluding hydrogens is 212 g/mol. The third-order valence-electron chi connectivity index (χ3n) is 3.05. The van der Waals surface area contributed by atoms with E-state index in [9.17, 15) is 5.11 Å². The van der Waals surface area contributed by atoms with Crippen LogP contribution in [0, 0.1) is 0 Å². The van der Waals surface area contributed by atoms with Crippen LogP contribution in [0.3, 0.4) is 0 Å². The van der Waals surface area contributed by atoms with Crippen LogP contribution < -0.4 is 0 Å². The minimum absolute atomic E-state index is 0.697. The van der Waals surface area contributed by atoms with Crippen molar-refractivity contribution in [3.05, 3.63) is 53.9 Å². The second kappa shape index (κ2) is 4.72. The smallest absolute Gasteiger partial charge is 0.118 e. The summed E-state index contributed by atoms with van der Waals surface area (Å²) < 4.78 is 1.72. The molecule has 1 unspecified atom stereocenters. The molecule has 0 aliphatic rings. The molecule has 3 heteroatoms. The first kappa shape index (κ1) is 11.9. The van der Waals surface area contributed by atoms with Crippen molar-refractivity contribution < 1.29 is 5.11 Å². The molecule has 0 bridgehead atoms. The van der Waals surface area contributed by atoms with Gasteiger partial charge in [-0.1, -0.05) is 43.7 Å². The molecule has 2 aromatic rings. The lowest BCUT2D eigenvalue weighted by Crippen LogP contribution is -2.26. The van der Waals surface area contributed by atoms with Crippen molar-refractivity contribution in [1.82, 2.24) is 9.78 Å². The fraction of sp³-hybridized carbons (Fsp3) is 0.357. The number of aliphatic hydroxyl groups is 1. The van der Waals surface area contributed by atoms with Crippen molar-refractivity contribution in [2.45, 2.75) is 25.4 Å². The Morgan fingerprint density at radius 3 is 2.47 bits per heavy atom. The van der Waals surface area contributed by atoms with Crippen LogP contribution in [0.15, 0.2) is 42.7 Å². The molecule has 17 heavy (non-hydrogen) atoms. The lowest BCUT2D eigenvalue weighted by Gasteiger charge is -2.27. The average Bonchev–Trinajstić information content (AvgIpc) is 2.78. The van der Waals surface area contributed by atoms with Crippen molar-refractivity contribution in [3.63, 3.8) is 0 Å². The van der Waals surface area contributed by atoms with E-state index in [-0.39, 0.29) is 0 Å². The summed E-state index contributed by atoms with van der Waals surface area (Å²) in [7, 11) is 1.86. The normalized spacial score (nSPS) is 14.5. The fourth-order valence-electron chi connectivity index (χ4n) is 2.17. The number of hydrogen-bond acceptors (Lipinski definition) is 2. The van der Waals surface area contributed by atoms with Gasteiger partial charge >= 0.3 is 0 Å². The van der Waals surface area contributed by atoms with E-state index in [0.29, 0.717) is 6.42 Å². The standard InChI is InChI=1S/C14H18N2O/c1-3-9-14(17,12-7-5-4-6-8-12)13-10-15-16(2)11-13/h4-8,10-11,17H,3,9H2,1-2H3. The highest BCUT2D eigenvalue weighted by atomic mass is 16.3. The molecule has 3 nitrogen and oxygen atoms in total. The molecule has 1 aromatic heterocycles. The molecule has 0 saturated carbocycles. The minimum atomic E-state index is -0.926. The van der Waals surface area contributed by atoms with E-state index in [1.807, 2.05) is 43.6 Å². The largest absolute Gasteiger partial charge is 0.380 e. The highest BCUT2D eigenvalue weighted by Gasteiger charge is 2.31. The summed E-state index contributed by atoms with van der Waals surface area (Å²) in [5, 5.41) is 15.1. The summed E-state index contributed by atoms with van der Waals surface area (Å²) >= 11 is 0. The van der Waals surface area contributed by atoms with Crippen LogP contribution in [0.1, 0.15) is 30.9 Å². The minimum Gasteiger partial charge on any atom is -0.380 e. The molecule has 1 atom stereocenters. The zero-order valence-electron chi connectivity index (χ0n) is 10.3. The molecule has 0 aliphatic carbocycles. The summed E-state index contributed by atoms with van der Waals surface area (Å²) in [4.78, 5) is 0. The van der Waals surface area contributed by atoms with Crippen LogP contribution >= 0.6 is 0 Å². The Labute approximate surface area is 102 Å². The third-order valence-corrected chi connectivity index (χ3v) is 3.05. The number of aromatic nitrogens is 2. The van der Waals surface area contributed by atoms with E-state index in [2.05, 4.69) is 12.0 Å². The molecule has 2 rings (SSSR count). The maximum Gasteiger partial charge on any atom is 0.118 e. The first-order valence-electron chi connectivity index (χ1n) is 5.94. The third kappa shape index (κ3) is 2.24. The van der Waals surface area contributed by atoms with Gasteiger partial charge in [-0.2, -0.15) is 5.10 Å². The van der Waals surface area contributed by atoms with E-state index >= 15 is 0 Å². The van der Waals surface area contributed by atoms with Crippen molar-refractivity contribution >= 4 is 0 Å². The maximum absolute atomic E-state index is 10.9. The summed E-state index contributed by atoms with van der Waals surface area (Å²) in [6, 6.07) is 9.78. The Kier molecular flexibility index (Phi) is 3.29. The Balaban J connectivity index is 2.46. The summed E-state index contributed by atoms with van der Waals surface area (Å²) in [6.07, 6.45) is 5.23. The molecule has 1 heterocycles. The average molecular weight is 230 g/mol. The molecule has 0 aliphatic heterocycles. The van der Waals surface area contributed by atoms with E-state index in [1.165, 1.54) is 0 Å². The molecule has 1 N–H and O–H groups in total. The van der Waals surface area contributed by atoms with Crippen LogP contribution in [0.5, 0.6) is 0 Å². The summed E-state index contributed by atoms with van der Waals surface area (Å²) in [6.45, 7) is 2.07. The van der Waals surface area contributed by atoms with Crippen LogP contribution in [0.4, 0.5) is 0 Å². The van der Waals surface area contributed by atoms with Crippen LogP contribution in [0.25, 0.3) is 0 Å². The molecule has 0 amide bonds. The Bertz CT molecular complexity index is 478. The second-order valence-electron chi connectivity index (χ2n) is 4.38. The monoisotopic (exact) mass is 230 g/mol. The number of rotatable bonds is 4. The molecular formula is C14H18N2O. The Morgan fingerprint density at radius 2 is 1.94 bits per heavy atom. The van der Waals surface area contributed by atoms with Gasteiger partial charge < -0.3 is 5.11 Å².